The molecule has 2 aromatic rings. The van der Waals surface area contributed by atoms with E-state index in [4.69, 9.17) is 9.47 Å². The number of halogens is 1. The lowest BCUT2D eigenvalue weighted by molar-refractivity contribution is -0.137. The number of benzene rings is 1. The highest BCUT2D eigenvalue weighted by Gasteiger charge is 2.30. The average Bonchev–Trinajstić information content (AvgIpc) is 3.05. The SMILES string of the molecule is COc1ccccc1OCC(=O)N1CCNCC1c1nccn1C.Cl. The van der Waals surface area contributed by atoms with E-state index >= 15 is 0 Å². The van der Waals surface area contributed by atoms with Crippen molar-refractivity contribution in [2.45, 2.75) is 6.04 Å². The van der Waals surface area contributed by atoms with Crippen LogP contribution in [0.4, 0.5) is 0 Å². The summed E-state index contributed by atoms with van der Waals surface area (Å²) in [5.41, 5.74) is 0. The number of aromatic nitrogens is 2. The van der Waals surface area contributed by atoms with Crippen LogP contribution in [0.25, 0.3) is 0 Å². The second-order valence-electron chi connectivity index (χ2n) is 5.64. The zero-order valence-electron chi connectivity index (χ0n) is 14.3. The quantitative estimate of drug-likeness (QED) is 0.866. The molecule has 0 bridgehead atoms. The molecule has 1 aliphatic heterocycles. The molecular weight excluding hydrogens is 344 g/mol. The van der Waals surface area contributed by atoms with Gasteiger partial charge in [-0.25, -0.2) is 4.98 Å². The second-order valence-corrected chi connectivity index (χ2v) is 5.64. The number of hydrogen-bond donors (Lipinski definition) is 1. The number of carbonyl (C=O) groups excluding carboxylic acids is 1. The number of rotatable bonds is 5. The van der Waals surface area contributed by atoms with Crippen LogP contribution in [-0.4, -0.2) is 53.7 Å². The molecule has 0 radical (unpaired) electrons. The summed E-state index contributed by atoms with van der Waals surface area (Å²) in [5, 5.41) is 3.32. The number of amides is 1. The lowest BCUT2D eigenvalue weighted by Crippen LogP contribution is -2.50. The minimum Gasteiger partial charge on any atom is -0.493 e. The number of nitrogens with one attached hydrogen (secondary N) is 1. The molecule has 1 N–H and O–H groups in total. The van der Waals surface area contributed by atoms with E-state index in [1.54, 1.807) is 25.4 Å². The van der Waals surface area contributed by atoms with E-state index in [0.29, 0.717) is 24.6 Å². The molecule has 2 heterocycles. The first-order chi connectivity index (χ1) is 11.7. The van der Waals surface area contributed by atoms with Crippen molar-refractivity contribution in [1.29, 1.82) is 0 Å². The Balaban J connectivity index is 0.00000225. The number of para-hydroxylation sites is 2. The molecule has 0 saturated carbocycles. The van der Waals surface area contributed by atoms with E-state index in [2.05, 4.69) is 10.3 Å². The summed E-state index contributed by atoms with van der Waals surface area (Å²) in [6.07, 6.45) is 3.63. The molecule has 25 heavy (non-hydrogen) atoms. The molecule has 1 aromatic carbocycles. The van der Waals surface area contributed by atoms with Crippen LogP contribution in [0, 0.1) is 0 Å². The predicted octanol–water partition coefficient (Wildman–Crippen LogP) is 1.40. The van der Waals surface area contributed by atoms with Crippen molar-refractivity contribution in [3.05, 3.63) is 42.5 Å². The van der Waals surface area contributed by atoms with Gasteiger partial charge < -0.3 is 24.3 Å². The predicted molar refractivity (Wildman–Crippen MR) is 96.3 cm³/mol. The number of methoxy groups -OCH3 is 1. The van der Waals surface area contributed by atoms with Gasteiger partial charge in [-0.1, -0.05) is 12.1 Å². The molecule has 7 nitrogen and oxygen atoms in total. The van der Waals surface area contributed by atoms with E-state index in [0.717, 1.165) is 12.4 Å². The topological polar surface area (TPSA) is 68.6 Å². The molecule has 1 unspecified atom stereocenters. The van der Waals surface area contributed by atoms with Crippen LogP contribution in [0.2, 0.25) is 0 Å². The van der Waals surface area contributed by atoms with Gasteiger partial charge in [0.05, 0.1) is 7.11 Å². The van der Waals surface area contributed by atoms with Gasteiger partial charge in [0.15, 0.2) is 18.1 Å². The highest BCUT2D eigenvalue weighted by molar-refractivity contribution is 5.85. The zero-order chi connectivity index (χ0) is 16.9. The lowest BCUT2D eigenvalue weighted by Gasteiger charge is -2.35. The van der Waals surface area contributed by atoms with Gasteiger partial charge in [0.2, 0.25) is 0 Å². The van der Waals surface area contributed by atoms with Gasteiger partial charge in [-0.15, -0.1) is 12.4 Å². The first-order valence-electron chi connectivity index (χ1n) is 7.94. The molecule has 3 rings (SSSR count). The van der Waals surface area contributed by atoms with E-state index < -0.39 is 0 Å². The molecule has 1 atom stereocenters. The fourth-order valence-electron chi connectivity index (χ4n) is 2.89. The van der Waals surface area contributed by atoms with Gasteiger partial charge in [-0.05, 0) is 12.1 Å². The van der Waals surface area contributed by atoms with E-state index in [1.807, 2.05) is 34.8 Å². The summed E-state index contributed by atoms with van der Waals surface area (Å²) in [6, 6.07) is 7.22. The van der Waals surface area contributed by atoms with Crippen molar-refractivity contribution in [3.8, 4) is 11.5 Å². The van der Waals surface area contributed by atoms with Gasteiger partial charge >= 0.3 is 0 Å². The fourth-order valence-corrected chi connectivity index (χ4v) is 2.89. The summed E-state index contributed by atoms with van der Waals surface area (Å²) < 4.78 is 12.9. The molecule has 8 heteroatoms. The fraction of sp³-hybridized carbons (Fsp3) is 0.412. The van der Waals surface area contributed by atoms with Crippen LogP contribution in [0.1, 0.15) is 11.9 Å². The first-order valence-corrected chi connectivity index (χ1v) is 7.94. The summed E-state index contributed by atoms with van der Waals surface area (Å²) in [5.74, 6) is 1.99. The Bertz CT molecular complexity index is 707. The van der Waals surface area contributed by atoms with Crippen molar-refractivity contribution in [2.24, 2.45) is 7.05 Å². The zero-order valence-corrected chi connectivity index (χ0v) is 15.2. The number of piperazine rings is 1. The smallest absolute Gasteiger partial charge is 0.261 e. The molecule has 1 saturated heterocycles. The van der Waals surface area contributed by atoms with Crippen LogP contribution in [-0.2, 0) is 11.8 Å². The summed E-state index contributed by atoms with van der Waals surface area (Å²) >= 11 is 0. The minimum atomic E-state index is -0.0903. The molecule has 1 fully saturated rings. The average molecular weight is 367 g/mol. The second kappa shape index (κ2) is 8.73. The number of aryl methyl sites for hydroxylation is 1. The van der Waals surface area contributed by atoms with Gasteiger partial charge in [-0.2, -0.15) is 0 Å². The van der Waals surface area contributed by atoms with Crippen molar-refractivity contribution in [1.82, 2.24) is 19.8 Å². The highest BCUT2D eigenvalue weighted by Crippen LogP contribution is 2.26. The van der Waals surface area contributed by atoms with Crippen LogP contribution in [0.3, 0.4) is 0 Å². The summed E-state index contributed by atoms with van der Waals surface area (Å²) in [4.78, 5) is 18.9. The van der Waals surface area contributed by atoms with Crippen molar-refractivity contribution >= 4 is 18.3 Å². The monoisotopic (exact) mass is 366 g/mol. The number of ether oxygens (including phenoxy) is 2. The Kier molecular flexibility index (Phi) is 6.66. The molecular formula is C17H23ClN4O3. The third-order valence-electron chi connectivity index (χ3n) is 4.14. The van der Waals surface area contributed by atoms with Crippen LogP contribution in [0.5, 0.6) is 11.5 Å². The summed E-state index contributed by atoms with van der Waals surface area (Å²) in [6.45, 7) is 2.06. The maximum Gasteiger partial charge on any atom is 0.261 e. The standard InChI is InChI=1S/C17H22N4O3.ClH/c1-20-9-8-19-17(20)13-11-18-7-10-21(13)16(22)12-24-15-6-4-3-5-14(15)23-2;/h3-6,8-9,13,18H,7,10-12H2,1-2H3;1H. The van der Waals surface area contributed by atoms with Gasteiger partial charge in [0, 0.05) is 39.1 Å². The third-order valence-corrected chi connectivity index (χ3v) is 4.14. The number of carbonyl (C=O) groups is 1. The lowest BCUT2D eigenvalue weighted by atomic mass is 10.1. The molecule has 1 aromatic heterocycles. The Hall–Kier alpha value is -2.25. The third kappa shape index (κ3) is 4.24. The Morgan fingerprint density at radius 3 is 2.80 bits per heavy atom. The van der Waals surface area contributed by atoms with E-state index in [-0.39, 0.29) is 31.0 Å². The molecule has 1 aliphatic rings. The first kappa shape index (κ1) is 19.1. The maximum atomic E-state index is 12.7. The molecule has 0 spiro atoms. The van der Waals surface area contributed by atoms with Gasteiger partial charge in [-0.3, -0.25) is 4.79 Å². The summed E-state index contributed by atoms with van der Waals surface area (Å²) in [7, 11) is 3.52. The minimum absolute atomic E-state index is 0. The van der Waals surface area contributed by atoms with Crippen LogP contribution in [0.15, 0.2) is 36.7 Å². The van der Waals surface area contributed by atoms with Crippen LogP contribution < -0.4 is 14.8 Å². The van der Waals surface area contributed by atoms with Crippen molar-refractivity contribution < 1.29 is 14.3 Å². The maximum absolute atomic E-state index is 12.7. The Morgan fingerprint density at radius 1 is 1.36 bits per heavy atom. The normalized spacial score (nSPS) is 16.9. The molecule has 0 aliphatic carbocycles. The highest BCUT2D eigenvalue weighted by atomic mass is 35.5. The van der Waals surface area contributed by atoms with E-state index in [1.165, 1.54) is 0 Å². The molecule has 136 valence electrons. The largest absolute Gasteiger partial charge is 0.493 e. The Morgan fingerprint density at radius 2 is 2.12 bits per heavy atom. The Labute approximate surface area is 153 Å². The van der Waals surface area contributed by atoms with E-state index in [9.17, 15) is 4.79 Å². The number of imidazole rings is 1. The number of nitrogens with zero attached hydrogens (tertiary/aromatic N) is 3. The molecule has 1 amide bonds. The van der Waals surface area contributed by atoms with Gasteiger partial charge in [0.1, 0.15) is 11.9 Å². The van der Waals surface area contributed by atoms with Gasteiger partial charge in [0.25, 0.3) is 5.91 Å². The number of hydrogen-bond acceptors (Lipinski definition) is 5. The van der Waals surface area contributed by atoms with Crippen molar-refractivity contribution in [3.63, 3.8) is 0 Å². The van der Waals surface area contributed by atoms with Crippen LogP contribution >= 0.6 is 12.4 Å². The van der Waals surface area contributed by atoms with Crippen molar-refractivity contribution in [2.75, 3.05) is 33.4 Å².